The monoisotopic (exact) mass is 215 g/mol. The summed E-state index contributed by atoms with van der Waals surface area (Å²) in [4.78, 5) is 2.47. The van der Waals surface area contributed by atoms with Gasteiger partial charge in [0.1, 0.15) is 0 Å². The summed E-state index contributed by atoms with van der Waals surface area (Å²) >= 11 is 0. The van der Waals surface area contributed by atoms with Crippen LogP contribution in [0.1, 0.15) is 33.6 Å². The lowest BCUT2D eigenvalue weighted by atomic mass is 10.2. The first-order valence-electron chi connectivity index (χ1n) is 6.02. The van der Waals surface area contributed by atoms with E-state index in [1.165, 1.54) is 13.0 Å². The highest BCUT2D eigenvalue weighted by Crippen LogP contribution is 2.07. The predicted molar refractivity (Wildman–Crippen MR) is 62.2 cm³/mol. The van der Waals surface area contributed by atoms with E-state index in [4.69, 9.17) is 9.47 Å². The molecule has 90 valence electrons. The Morgan fingerprint density at radius 1 is 1.20 bits per heavy atom. The van der Waals surface area contributed by atoms with Crippen LogP contribution in [0.4, 0.5) is 0 Å². The molecule has 3 nitrogen and oxygen atoms in total. The van der Waals surface area contributed by atoms with Crippen LogP contribution in [0.15, 0.2) is 0 Å². The van der Waals surface area contributed by atoms with Gasteiger partial charge in [0.25, 0.3) is 0 Å². The number of nitrogens with zero attached hydrogens (tertiary/aromatic N) is 1. The molecular formula is C12H25NO2. The van der Waals surface area contributed by atoms with Gasteiger partial charge in [-0.2, -0.15) is 0 Å². The van der Waals surface area contributed by atoms with E-state index in [0.29, 0.717) is 0 Å². The van der Waals surface area contributed by atoms with Gasteiger partial charge in [-0.25, -0.2) is 0 Å². The summed E-state index contributed by atoms with van der Waals surface area (Å²) in [5.41, 5.74) is 0.00188. The zero-order valence-electron chi connectivity index (χ0n) is 10.4. The van der Waals surface area contributed by atoms with Gasteiger partial charge in [-0.15, -0.1) is 0 Å². The van der Waals surface area contributed by atoms with Crippen molar-refractivity contribution in [3.63, 3.8) is 0 Å². The second-order valence-electron chi connectivity index (χ2n) is 5.12. The van der Waals surface area contributed by atoms with Gasteiger partial charge in [0, 0.05) is 32.8 Å². The molecule has 3 heteroatoms. The summed E-state index contributed by atoms with van der Waals surface area (Å²) in [6.45, 7) is 12.4. The molecule has 0 aliphatic carbocycles. The molecule has 1 fully saturated rings. The average Bonchev–Trinajstić information content (AvgIpc) is 2.39. The maximum atomic E-state index is 5.69. The van der Waals surface area contributed by atoms with E-state index >= 15 is 0 Å². The molecule has 1 rings (SSSR count). The van der Waals surface area contributed by atoms with Gasteiger partial charge in [0.2, 0.25) is 0 Å². The molecule has 0 saturated carbocycles. The second-order valence-corrected chi connectivity index (χ2v) is 5.12. The molecule has 1 saturated heterocycles. The molecular weight excluding hydrogens is 190 g/mol. The summed E-state index contributed by atoms with van der Waals surface area (Å²) in [5.74, 6) is 0. The van der Waals surface area contributed by atoms with E-state index in [2.05, 4.69) is 25.7 Å². The smallest absolute Gasteiger partial charge is 0.0598 e. The fourth-order valence-corrected chi connectivity index (χ4v) is 1.69. The maximum Gasteiger partial charge on any atom is 0.0598 e. The van der Waals surface area contributed by atoms with Crippen molar-refractivity contribution < 1.29 is 9.47 Å². The minimum atomic E-state index is 0.00188. The Balaban J connectivity index is 2.03. The standard InChI is InChI=1S/C12H25NO2/c1-12(2,3)15-10-5-7-13-6-4-9-14-11-8-13/h4-11H2,1-3H3. The molecule has 1 aliphatic heterocycles. The Hall–Kier alpha value is -0.120. The molecule has 0 aromatic rings. The van der Waals surface area contributed by atoms with Gasteiger partial charge in [-0.1, -0.05) is 0 Å². The minimum Gasteiger partial charge on any atom is -0.380 e. The van der Waals surface area contributed by atoms with E-state index in [-0.39, 0.29) is 5.60 Å². The fourth-order valence-electron chi connectivity index (χ4n) is 1.69. The summed E-state index contributed by atoms with van der Waals surface area (Å²) in [6, 6.07) is 0. The Kier molecular flexibility index (Phi) is 5.58. The maximum absolute atomic E-state index is 5.69. The molecule has 15 heavy (non-hydrogen) atoms. The molecule has 0 bridgehead atoms. The van der Waals surface area contributed by atoms with E-state index in [9.17, 15) is 0 Å². The lowest BCUT2D eigenvalue weighted by molar-refractivity contribution is -0.00695. The van der Waals surface area contributed by atoms with Crippen molar-refractivity contribution in [1.82, 2.24) is 4.90 Å². The van der Waals surface area contributed by atoms with Crippen LogP contribution in [-0.2, 0) is 9.47 Å². The van der Waals surface area contributed by atoms with E-state index in [1.807, 2.05) is 0 Å². The highest BCUT2D eigenvalue weighted by Gasteiger charge is 2.11. The van der Waals surface area contributed by atoms with Crippen molar-refractivity contribution in [1.29, 1.82) is 0 Å². The van der Waals surface area contributed by atoms with Crippen LogP contribution in [0, 0.1) is 0 Å². The summed E-state index contributed by atoms with van der Waals surface area (Å²) in [6.07, 6.45) is 2.29. The van der Waals surface area contributed by atoms with Crippen LogP contribution in [0.5, 0.6) is 0 Å². The molecule has 0 unspecified atom stereocenters. The summed E-state index contributed by atoms with van der Waals surface area (Å²) in [5, 5.41) is 0. The van der Waals surface area contributed by atoms with Crippen LogP contribution in [0.25, 0.3) is 0 Å². The minimum absolute atomic E-state index is 0.00188. The van der Waals surface area contributed by atoms with E-state index in [0.717, 1.165) is 39.3 Å². The van der Waals surface area contributed by atoms with Crippen LogP contribution in [0.3, 0.4) is 0 Å². The first-order chi connectivity index (χ1) is 7.08. The molecule has 0 atom stereocenters. The van der Waals surface area contributed by atoms with E-state index < -0.39 is 0 Å². The SMILES string of the molecule is CC(C)(C)OCCCN1CCCOCC1. The Morgan fingerprint density at radius 3 is 2.73 bits per heavy atom. The quantitative estimate of drug-likeness (QED) is 0.669. The van der Waals surface area contributed by atoms with Gasteiger partial charge in [-0.3, -0.25) is 0 Å². The molecule has 0 aromatic carbocycles. The first kappa shape index (κ1) is 12.9. The third-order valence-electron chi connectivity index (χ3n) is 2.47. The van der Waals surface area contributed by atoms with Crippen LogP contribution >= 0.6 is 0 Å². The van der Waals surface area contributed by atoms with Crippen molar-refractivity contribution in [3.8, 4) is 0 Å². The molecule has 0 aromatic heterocycles. The van der Waals surface area contributed by atoms with Crippen LogP contribution < -0.4 is 0 Å². The fraction of sp³-hybridized carbons (Fsp3) is 1.00. The second kappa shape index (κ2) is 6.46. The molecule has 0 amide bonds. The van der Waals surface area contributed by atoms with Crippen molar-refractivity contribution >= 4 is 0 Å². The Morgan fingerprint density at radius 2 is 2.00 bits per heavy atom. The Labute approximate surface area is 93.7 Å². The van der Waals surface area contributed by atoms with Gasteiger partial charge in [-0.05, 0) is 33.6 Å². The summed E-state index contributed by atoms with van der Waals surface area (Å²) < 4.78 is 11.1. The zero-order valence-corrected chi connectivity index (χ0v) is 10.4. The zero-order chi connectivity index (χ0) is 11.1. The van der Waals surface area contributed by atoms with Gasteiger partial charge in [0.15, 0.2) is 0 Å². The lowest BCUT2D eigenvalue weighted by Gasteiger charge is -2.22. The third-order valence-corrected chi connectivity index (χ3v) is 2.47. The molecule has 1 aliphatic rings. The van der Waals surface area contributed by atoms with Crippen molar-refractivity contribution in [2.75, 3.05) is 39.5 Å². The van der Waals surface area contributed by atoms with Crippen molar-refractivity contribution in [2.45, 2.75) is 39.2 Å². The van der Waals surface area contributed by atoms with Crippen molar-refractivity contribution in [3.05, 3.63) is 0 Å². The summed E-state index contributed by atoms with van der Waals surface area (Å²) in [7, 11) is 0. The number of rotatable bonds is 4. The molecule has 0 N–H and O–H groups in total. The Bertz CT molecular complexity index is 157. The largest absolute Gasteiger partial charge is 0.380 e. The normalized spacial score (nSPS) is 20.2. The van der Waals surface area contributed by atoms with Crippen LogP contribution in [-0.4, -0.2) is 50.0 Å². The molecule has 0 spiro atoms. The van der Waals surface area contributed by atoms with Gasteiger partial charge < -0.3 is 14.4 Å². The van der Waals surface area contributed by atoms with Gasteiger partial charge >= 0.3 is 0 Å². The third kappa shape index (κ3) is 6.88. The first-order valence-corrected chi connectivity index (χ1v) is 6.02. The number of hydrogen-bond donors (Lipinski definition) is 0. The molecule has 1 heterocycles. The van der Waals surface area contributed by atoms with Crippen molar-refractivity contribution in [2.24, 2.45) is 0 Å². The topological polar surface area (TPSA) is 21.7 Å². The number of hydrogen-bond acceptors (Lipinski definition) is 3. The average molecular weight is 215 g/mol. The lowest BCUT2D eigenvalue weighted by Crippen LogP contribution is -2.29. The van der Waals surface area contributed by atoms with Crippen LogP contribution in [0.2, 0.25) is 0 Å². The predicted octanol–water partition coefficient (Wildman–Crippen LogP) is 1.91. The van der Waals surface area contributed by atoms with Gasteiger partial charge in [0.05, 0.1) is 12.2 Å². The highest BCUT2D eigenvalue weighted by atomic mass is 16.5. The molecule has 0 radical (unpaired) electrons. The van der Waals surface area contributed by atoms with E-state index in [1.54, 1.807) is 0 Å². The highest BCUT2D eigenvalue weighted by molar-refractivity contribution is 4.62. The number of ether oxygens (including phenoxy) is 2.